The van der Waals surface area contributed by atoms with Gasteiger partial charge in [0.1, 0.15) is 4.75 Å². The standard InChI is InChI=1S/C26H39N3O6S/c1-5-15-26(36(4,32)33,16-14-20-11-7-6-8-12-20)23(21(18-19(2)3)24(30)28-27)25(31)29-35-22-13-9-10-17-34-22/h5-8,11-12,14,16,19,21-23H,1,9-10,13,15,17-18,27H2,2-4H3,(H,28,30)(H,29,31)/b16-14+/t21-,22?,23+,26?/m1/s1. The van der Waals surface area contributed by atoms with Gasteiger partial charge >= 0.3 is 0 Å². The number of hydrogen-bond acceptors (Lipinski definition) is 7. The van der Waals surface area contributed by atoms with Crippen LogP contribution in [0.2, 0.25) is 0 Å². The van der Waals surface area contributed by atoms with E-state index >= 15 is 0 Å². The highest BCUT2D eigenvalue weighted by Gasteiger charge is 2.54. The highest BCUT2D eigenvalue weighted by atomic mass is 32.2. The highest BCUT2D eigenvalue weighted by Crippen LogP contribution is 2.40. The summed E-state index contributed by atoms with van der Waals surface area (Å²) in [5, 5.41) is 0. The average Bonchev–Trinajstić information content (AvgIpc) is 2.85. The molecule has 1 heterocycles. The summed E-state index contributed by atoms with van der Waals surface area (Å²) in [5.41, 5.74) is 5.26. The zero-order valence-corrected chi connectivity index (χ0v) is 22.1. The van der Waals surface area contributed by atoms with Crippen molar-refractivity contribution < 1.29 is 27.6 Å². The second-order valence-corrected chi connectivity index (χ2v) is 11.9. The third kappa shape index (κ3) is 7.73. The fourth-order valence-electron chi connectivity index (χ4n) is 4.58. The van der Waals surface area contributed by atoms with Crippen LogP contribution < -0.4 is 16.7 Å². The van der Waals surface area contributed by atoms with E-state index in [1.807, 2.05) is 44.2 Å². The lowest BCUT2D eigenvalue weighted by Gasteiger charge is -2.39. The molecule has 36 heavy (non-hydrogen) atoms. The van der Waals surface area contributed by atoms with Gasteiger partial charge in [-0.05, 0) is 37.2 Å². The molecule has 2 unspecified atom stereocenters. The molecule has 1 fully saturated rings. The fraction of sp³-hybridized carbons (Fsp3) is 0.538. The molecule has 1 aromatic carbocycles. The Hall–Kier alpha value is -2.53. The molecule has 0 bridgehead atoms. The maximum atomic E-state index is 13.8. The summed E-state index contributed by atoms with van der Waals surface area (Å²) in [7, 11) is -4.00. The van der Waals surface area contributed by atoms with Crippen molar-refractivity contribution in [1.29, 1.82) is 0 Å². The van der Waals surface area contributed by atoms with Gasteiger partial charge in [-0.1, -0.05) is 62.4 Å². The summed E-state index contributed by atoms with van der Waals surface area (Å²) >= 11 is 0. The zero-order chi connectivity index (χ0) is 26.8. The first-order valence-electron chi connectivity index (χ1n) is 12.2. The largest absolute Gasteiger partial charge is 0.350 e. The molecule has 200 valence electrons. The van der Waals surface area contributed by atoms with Crippen LogP contribution in [0.3, 0.4) is 0 Å². The predicted molar refractivity (Wildman–Crippen MR) is 139 cm³/mol. The number of hydrogen-bond donors (Lipinski definition) is 3. The smallest absolute Gasteiger partial charge is 0.249 e. The molecule has 1 saturated heterocycles. The van der Waals surface area contributed by atoms with Gasteiger partial charge in [-0.3, -0.25) is 15.0 Å². The number of sulfone groups is 1. The van der Waals surface area contributed by atoms with Crippen molar-refractivity contribution in [3.05, 3.63) is 54.6 Å². The molecule has 1 aromatic rings. The van der Waals surface area contributed by atoms with E-state index in [9.17, 15) is 18.0 Å². The molecule has 2 rings (SSSR count). The quantitative estimate of drug-likeness (QED) is 0.157. The third-order valence-corrected chi connectivity index (χ3v) is 8.29. The number of nitrogens with two attached hydrogens (primary N) is 1. The van der Waals surface area contributed by atoms with Crippen molar-refractivity contribution in [2.45, 2.75) is 57.0 Å². The second kappa shape index (κ2) is 13.7. The number of hydroxylamine groups is 1. The average molecular weight is 522 g/mol. The van der Waals surface area contributed by atoms with Gasteiger partial charge in [0, 0.05) is 19.3 Å². The zero-order valence-electron chi connectivity index (χ0n) is 21.3. The molecule has 0 spiro atoms. The number of amides is 2. The van der Waals surface area contributed by atoms with Crippen LogP contribution in [0.1, 0.15) is 51.5 Å². The van der Waals surface area contributed by atoms with E-state index in [2.05, 4.69) is 17.5 Å². The molecule has 0 saturated carbocycles. The Labute approximate surface area is 214 Å². The number of allylic oxidation sites excluding steroid dienone is 1. The summed E-state index contributed by atoms with van der Waals surface area (Å²) in [4.78, 5) is 32.3. The first kappa shape index (κ1) is 29.7. The number of carbonyl (C=O) groups excluding carboxylic acids is 2. The third-order valence-electron chi connectivity index (χ3n) is 6.36. The van der Waals surface area contributed by atoms with Crippen LogP contribution in [-0.4, -0.2) is 44.1 Å². The molecule has 9 nitrogen and oxygen atoms in total. The van der Waals surface area contributed by atoms with Crippen LogP contribution in [0.4, 0.5) is 0 Å². The van der Waals surface area contributed by atoms with E-state index in [0.717, 1.165) is 24.7 Å². The normalized spacial score (nSPS) is 19.9. The predicted octanol–water partition coefficient (Wildman–Crippen LogP) is 2.90. The molecule has 4 atom stereocenters. The van der Waals surface area contributed by atoms with Crippen molar-refractivity contribution in [3.8, 4) is 0 Å². The number of ether oxygens (including phenoxy) is 1. The van der Waals surface area contributed by atoms with Gasteiger partial charge in [0.25, 0.3) is 0 Å². The summed E-state index contributed by atoms with van der Waals surface area (Å²) < 4.78 is 30.7. The van der Waals surface area contributed by atoms with Crippen LogP contribution in [0.25, 0.3) is 6.08 Å². The molecule has 1 aliphatic heterocycles. The van der Waals surface area contributed by atoms with Crippen molar-refractivity contribution in [2.24, 2.45) is 23.6 Å². The minimum atomic E-state index is -4.00. The first-order chi connectivity index (χ1) is 17.1. The van der Waals surface area contributed by atoms with Gasteiger partial charge in [-0.15, -0.1) is 6.58 Å². The van der Waals surface area contributed by atoms with Gasteiger partial charge in [0.05, 0.1) is 11.8 Å². The molecule has 2 amide bonds. The Morgan fingerprint density at radius 3 is 2.47 bits per heavy atom. The Morgan fingerprint density at radius 2 is 1.94 bits per heavy atom. The van der Waals surface area contributed by atoms with Crippen LogP contribution in [0, 0.1) is 17.8 Å². The maximum Gasteiger partial charge on any atom is 0.249 e. The Kier molecular flexibility index (Phi) is 11.3. The van der Waals surface area contributed by atoms with E-state index in [-0.39, 0.29) is 18.8 Å². The molecule has 4 N–H and O–H groups in total. The van der Waals surface area contributed by atoms with Gasteiger partial charge in [-0.25, -0.2) is 24.6 Å². The lowest BCUT2D eigenvalue weighted by molar-refractivity contribution is -0.203. The molecule has 1 aliphatic rings. The molecule has 10 heteroatoms. The number of hydrazine groups is 1. The van der Waals surface area contributed by atoms with Crippen molar-refractivity contribution in [2.75, 3.05) is 12.9 Å². The van der Waals surface area contributed by atoms with E-state index in [1.165, 1.54) is 12.2 Å². The second-order valence-electron chi connectivity index (χ2n) is 9.57. The molecular formula is C26H39N3O6S. The topological polar surface area (TPSA) is 137 Å². The number of nitrogens with one attached hydrogen (secondary N) is 2. The van der Waals surface area contributed by atoms with Gasteiger partial charge in [0.15, 0.2) is 16.1 Å². The lowest BCUT2D eigenvalue weighted by atomic mass is 9.74. The van der Waals surface area contributed by atoms with Crippen LogP contribution in [0.15, 0.2) is 49.1 Å². The van der Waals surface area contributed by atoms with Gasteiger partial charge < -0.3 is 4.74 Å². The van der Waals surface area contributed by atoms with E-state index in [4.69, 9.17) is 15.4 Å². The minimum Gasteiger partial charge on any atom is -0.350 e. The van der Waals surface area contributed by atoms with E-state index in [0.29, 0.717) is 13.0 Å². The van der Waals surface area contributed by atoms with E-state index in [1.54, 1.807) is 6.08 Å². The molecular weight excluding hydrogens is 482 g/mol. The van der Waals surface area contributed by atoms with E-state index < -0.39 is 44.5 Å². The number of benzene rings is 1. The minimum absolute atomic E-state index is 0.0377. The summed E-state index contributed by atoms with van der Waals surface area (Å²) in [5.74, 6) is 1.63. The van der Waals surface area contributed by atoms with Crippen LogP contribution in [-0.2, 0) is 29.0 Å². The molecule has 0 aromatic heterocycles. The molecule has 0 radical (unpaired) electrons. The monoisotopic (exact) mass is 521 g/mol. The summed E-state index contributed by atoms with van der Waals surface area (Å²) in [6, 6.07) is 9.11. The van der Waals surface area contributed by atoms with Gasteiger partial charge in [0.2, 0.25) is 11.8 Å². The Bertz CT molecular complexity index is 1010. The Morgan fingerprint density at radius 1 is 1.25 bits per heavy atom. The lowest BCUT2D eigenvalue weighted by Crippen LogP contribution is -2.57. The van der Waals surface area contributed by atoms with Gasteiger partial charge in [-0.2, -0.15) is 0 Å². The Balaban J connectivity index is 2.65. The molecule has 0 aliphatic carbocycles. The van der Waals surface area contributed by atoms with Crippen LogP contribution in [0.5, 0.6) is 0 Å². The number of rotatable bonds is 13. The van der Waals surface area contributed by atoms with Crippen molar-refractivity contribution in [3.63, 3.8) is 0 Å². The highest BCUT2D eigenvalue weighted by molar-refractivity contribution is 7.92. The maximum absolute atomic E-state index is 13.8. The fourth-order valence-corrected chi connectivity index (χ4v) is 6.05. The number of carbonyl (C=O) groups is 2. The van der Waals surface area contributed by atoms with Crippen LogP contribution >= 0.6 is 0 Å². The summed E-state index contributed by atoms with van der Waals surface area (Å²) in [6.07, 6.45) is 7.43. The first-order valence-corrected chi connectivity index (χ1v) is 14.1. The van der Waals surface area contributed by atoms with Crippen molar-refractivity contribution >= 4 is 27.7 Å². The summed E-state index contributed by atoms with van der Waals surface area (Å²) in [6.45, 7) is 8.02. The van der Waals surface area contributed by atoms with Crippen molar-refractivity contribution in [1.82, 2.24) is 10.9 Å². The SMILES string of the molecule is C=CCC(/C=C/c1ccccc1)([C@H](C(=O)NOC1CCCCO1)[C@@H](CC(C)C)C(=O)NN)S(C)(=O)=O.